The van der Waals surface area contributed by atoms with Gasteiger partial charge in [0.15, 0.2) is 0 Å². The third-order valence-electron chi connectivity index (χ3n) is 6.33. The minimum atomic E-state index is -4.74. The fourth-order valence-electron chi connectivity index (χ4n) is 5.30. The molecule has 2 atom stereocenters. The number of aromatic nitrogens is 2. The Morgan fingerprint density at radius 1 is 1.18 bits per heavy atom. The molecule has 0 bridgehead atoms. The summed E-state index contributed by atoms with van der Waals surface area (Å²) < 4.78 is 49.2. The van der Waals surface area contributed by atoms with E-state index < -0.39 is 6.36 Å². The molecule has 1 heterocycles. The molecule has 0 amide bonds. The van der Waals surface area contributed by atoms with Gasteiger partial charge in [-0.1, -0.05) is 20.8 Å². The second-order valence-electron chi connectivity index (χ2n) is 9.88. The van der Waals surface area contributed by atoms with Gasteiger partial charge in [-0.25, -0.2) is 4.98 Å². The van der Waals surface area contributed by atoms with Crippen LogP contribution in [0.3, 0.4) is 0 Å². The number of halogens is 3. The molecule has 34 heavy (non-hydrogen) atoms. The van der Waals surface area contributed by atoms with Crippen molar-refractivity contribution in [1.82, 2.24) is 9.55 Å². The Bertz CT molecular complexity index is 1160. The van der Waals surface area contributed by atoms with Crippen LogP contribution in [0, 0.1) is 11.3 Å². The summed E-state index contributed by atoms with van der Waals surface area (Å²) in [5, 5.41) is 13.0. The lowest BCUT2D eigenvalue weighted by Gasteiger charge is -2.40. The van der Waals surface area contributed by atoms with Crippen molar-refractivity contribution in [1.29, 1.82) is 0 Å². The van der Waals surface area contributed by atoms with E-state index in [9.17, 15) is 18.3 Å². The minimum Gasteiger partial charge on any atom is -0.496 e. The van der Waals surface area contributed by atoms with E-state index in [-0.39, 0.29) is 23.8 Å². The zero-order chi connectivity index (χ0) is 24.7. The Morgan fingerprint density at radius 3 is 2.47 bits per heavy atom. The number of ether oxygens (including phenoxy) is 2. The van der Waals surface area contributed by atoms with E-state index in [0.717, 1.165) is 24.8 Å². The molecular weight excluding hydrogens is 447 g/mol. The number of nitrogens with zero attached hydrogens (tertiary/aromatic N) is 2. The molecule has 2 aromatic carbocycles. The quantitative estimate of drug-likeness (QED) is 0.420. The standard InChI is InChI=1S/C25H30F3N3O3/c1-15-9-18(13-24(2,3)12-15)31-21-11-22(33-4)16(14-32)10-20(21)30-23(31)29-17-5-7-19(8-6-17)34-25(26,27)28/h5-8,10-11,15,18,32H,9,12-14H2,1-4H3,(H,29,30)/t15-,18?/m0/s1. The summed E-state index contributed by atoms with van der Waals surface area (Å²) in [6.45, 7) is 6.62. The van der Waals surface area contributed by atoms with E-state index >= 15 is 0 Å². The van der Waals surface area contributed by atoms with Crippen LogP contribution >= 0.6 is 0 Å². The van der Waals surface area contributed by atoms with E-state index in [1.54, 1.807) is 7.11 Å². The number of fused-ring (bicyclic) bond motifs is 1. The third kappa shape index (κ3) is 5.24. The largest absolute Gasteiger partial charge is 0.573 e. The Balaban J connectivity index is 1.76. The van der Waals surface area contributed by atoms with E-state index in [2.05, 4.69) is 35.4 Å². The highest BCUT2D eigenvalue weighted by atomic mass is 19.4. The summed E-state index contributed by atoms with van der Waals surface area (Å²) in [7, 11) is 1.57. The number of methoxy groups -OCH3 is 1. The molecule has 3 aromatic rings. The van der Waals surface area contributed by atoms with Crippen LogP contribution in [0.5, 0.6) is 11.5 Å². The van der Waals surface area contributed by atoms with Gasteiger partial charge in [0.05, 0.1) is 24.8 Å². The average molecular weight is 478 g/mol. The second kappa shape index (κ2) is 9.02. The zero-order valence-electron chi connectivity index (χ0n) is 19.7. The summed E-state index contributed by atoms with van der Waals surface area (Å²) in [5.41, 5.74) is 2.96. The minimum absolute atomic E-state index is 0.155. The Labute approximate surface area is 196 Å². The fourth-order valence-corrected chi connectivity index (χ4v) is 5.30. The number of nitrogens with one attached hydrogen (secondary N) is 1. The topological polar surface area (TPSA) is 68.5 Å². The van der Waals surface area contributed by atoms with Crippen LogP contribution in [0.2, 0.25) is 0 Å². The molecule has 1 saturated carbocycles. The van der Waals surface area contributed by atoms with Crippen LogP contribution in [0.4, 0.5) is 24.8 Å². The lowest BCUT2D eigenvalue weighted by molar-refractivity contribution is -0.274. The average Bonchev–Trinajstić information content (AvgIpc) is 3.08. The Morgan fingerprint density at radius 2 is 1.88 bits per heavy atom. The van der Waals surface area contributed by atoms with E-state index in [0.29, 0.717) is 34.4 Å². The molecule has 4 rings (SSSR count). The highest BCUT2D eigenvalue weighted by molar-refractivity contribution is 5.82. The molecule has 0 saturated heterocycles. The smallest absolute Gasteiger partial charge is 0.496 e. The predicted octanol–water partition coefficient (Wildman–Crippen LogP) is 6.57. The number of aliphatic hydroxyl groups is 1. The summed E-state index contributed by atoms with van der Waals surface area (Å²) in [6.07, 6.45) is -1.67. The number of rotatable bonds is 6. The molecule has 0 aliphatic heterocycles. The number of hydrogen-bond donors (Lipinski definition) is 2. The molecule has 1 aliphatic rings. The number of benzene rings is 2. The van der Waals surface area contributed by atoms with Gasteiger partial charge >= 0.3 is 6.36 Å². The lowest BCUT2D eigenvalue weighted by Crippen LogP contribution is -2.29. The fraction of sp³-hybridized carbons (Fsp3) is 0.480. The summed E-state index contributed by atoms with van der Waals surface area (Å²) >= 11 is 0. The van der Waals surface area contributed by atoms with Gasteiger partial charge in [-0.3, -0.25) is 0 Å². The Hall–Kier alpha value is -2.94. The van der Waals surface area contributed by atoms with Crippen LogP contribution in [0.25, 0.3) is 11.0 Å². The highest BCUT2D eigenvalue weighted by Gasteiger charge is 2.35. The molecule has 1 aromatic heterocycles. The number of anilines is 2. The zero-order valence-corrected chi connectivity index (χ0v) is 19.7. The van der Waals surface area contributed by atoms with E-state index in [4.69, 9.17) is 9.72 Å². The molecule has 1 aliphatic carbocycles. The van der Waals surface area contributed by atoms with Gasteiger partial charge in [0, 0.05) is 23.4 Å². The highest BCUT2D eigenvalue weighted by Crippen LogP contribution is 2.46. The van der Waals surface area contributed by atoms with Crippen LogP contribution in [0.1, 0.15) is 51.6 Å². The first-order valence-corrected chi connectivity index (χ1v) is 11.3. The van der Waals surface area contributed by atoms with Crippen molar-refractivity contribution in [3.63, 3.8) is 0 Å². The van der Waals surface area contributed by atoms with Gasteiger partial charge < -0.3 is 24.5 Å². The molecule has 1 fully saturated rings. The van der Waals surface area contributed by atoms with Crippen molar-refractivity contribution in [3.05, 3.63) is 42.0 Å². The van der Waals surface area contributed by atoms with Crippen LogP contribution in [-0.4, -0.2) is 28.1 Å². The van der Waals surface area contributed by atoms with Crippen molar-refractivity contribution in [2.75, 3.05) is 12.4 Å². The number of aliphatic hydroxyl groups excluding tert-OH is 1. The van der Waals surface area contributed by atoms with Crippen molar-refractivity contribution >= 4 is 22.7 Å². The van der Waals surface area contributed by atoms with Crippen LogP contribution in [0.15, 0.2) is 36.4 Å². The van der Waals surface area contributed by atoms with Crippen LogP contribution in [-0.2, 0) is 6.61 Å². The molecule has 1 unspecified atom stereocenters. The maximum atomic E-state index is 12.5. The molecule has 0 spiro atoms. The maximum Gasteiger partial charge on any atom is 0.573 e. The summed E-state index contributed by atoms with van der Waals surface area (Å²) in [5.74, 6) is 1.41. The maximum absolute atomic E-state index is 12.5. The number of alkyl halides is 3. The van der Waals surface area contributed by atoms with Gasteiger partial charge in [0.25, 0.3) is 0 Å². The summed E-state index contributed by atoms with van der Waals surface area (Å²) in [6, 6.07) is 9.46. The molecule has 184 valence electrons. The Kier molecular flexibility index (Phi) is 6.42. The SMILES string of the molecule is COc1cc2c(cc1CO)nc(Nc1ccc(OC(F)(F)F)cc1)n2C1C[C@H](C)CC(C)(C)C1. The lowest BCUT2D eigenvalue weighted by atomic mass is 9.70. The molecular formula is C25H30F3N3O3. The van der Waals surface area contributed by atoms with E-state index in [1.165, 1.54) is 24.3 Å². The first-order chi connectivity index (χ1) is 16.0. The van der Waals surface area contributed by atoms with Crippen molar-refractivity contribution in [3.8, 4) is 11.5 Å². The van der Waals surface area contributed by atoms with Crippen LogP contribution < -0.4 is 14.8 Å². The second-order valence-corrected chi connectivity index (χ2v) is 9.88. The van der Waals surface area contributed by atoms with Gasteiger partial charge in [0.2, 0.25) is 5.95 Å². The summed E-state index contributed by atoms with van der Waals surface area (Å²) in [4.78, 5) is 4.80. The van der Waals surface area contributed by atoms with Crippen molar-refractivity contribution in [2.24, 2.45) is 11.3 Å². The van der Waals surface area contributed by atoms with Gasteiger partial charge in [-0.15, -0.1) is 13.2 Å². The molecule has 9 heteroatoms. The third-order valence-corrected chi connectivity index (χ3v) is 6.33. The number of hydrogen-bond acceptors (Lipinski definition) is 5. The first-order valence-electron chi connectivity index (χ1n) is 11.3. The van der Waals surface area contributed by atoms with Crippen molar-refractivity contribution < 1.29 is 27.8 Å². The van der Waals surface area contributed by atoms with Gasteiger partial charge in [0.1, 0.15) is 11.5 Å². The van der Waals surface area contributed by atoms with Gasteiger partial charge in [-0.05, 0) is 60.9 Å². The molecule has 0 radical (unpaired) electrons. The molecule has 6 nitrogen and oxygen atoms in total. The monoisotopic (exact) mass is 477 g/mol. The van der Waals surface area contributed by atoms with Crippen molar-refractivity contribution in [2.45, 2.75) is 59.0 Å². The predicted molar refractivity (Wildman–Crippen MR) is 124 cm³/mol. The first kappa shape index (κ1) is 24.2. The number of imidazole rings is 1. The molecule has 2 N–H and O–H groups in total. The van der Waals surface area contributed by atoms with E-state index in [1.807, 2.05) is 12.1 Å². The van der Waals surface area contributed by atoms with Gasteiger partial charge in [-0.2, -0.15) is 0 Å². The normalized spacial score (nSPS) is 20.4.